The molecule has 1 atom stereocenters. The van der Waals surface area contributed by atoms with Crippen molar-refractivity contribution in [2.45, 2.75) is 33.1 Å². The van der Waals surface area contributed by atoms with Crippen LogP contribution in [-0.4, -0.2) is 23.6 Å². The fourth-order valence-electron chi connectivity index (χ4n) is 3.21. The van der Waals surface area contributed by atoms with Crippen molar-refractivity contribution in [1.29, 1.82) is 0 Å². The van der Waals surface area contributed by atoms with Gasteiger partial charge in [0.2, 0.25) is 0 Å². The summed E-state index contributed by atoms with van der Waals surface area (Å²) in [5.41, 5.74) is 1.34. The zero-order valence-electron chi connectivity index (χ0n) is 15.9. The summed E-state index contributed by atoms with van der Waals surface area (Å²) in [4.78, 5) is 25.9. The molecule has 0 unspecified atom stereocenters. The lowest BCUT2D eigenvalue weighted by atomic mass is 9.88. The largest absolute Gasteiger partial charge is 0.462 e. The van der Waals surface area contributed by atoms with Gasteiger partial charge in [-0.3, -0.25) is 10.1 Å². The number of rotatable bonds is 4. The molecule has 0 bridgehead atoms. The number of nitrogens with one attached hydrogen (secondary N) is 2. The topological polar surface area (TPSA) is 67.4 Å². The maximum atomic E-state index is 13.3. The van der Waals surface area contributed by atoms with Gasteiger partial charge in [0.05, 0.1) is 12.2 Å². The van der Waals surface area contributed by atoms with Gasteiger partial charge in [-0.25, -0.2) is 13.6 Å². The average molecular weight is 439 g/mol. The number of hydrogen-bond donors (Lipinski definition) is 2. The molecule has 1 aliphatic rings. The Morgan fingerprint density at radius 2 is 2.07 bits per heavy atom. The molecule has 3 rings (SSSR count). The molecule has 0 fully saturated rings. The van der Waals surface area contributed by atoms with E-state index in [-0.39, 0.29) is 17.3 Å². The highest BCUT2D eigenvalue weighted by atomic mass is 32.1. The molecule has 9 heteroatoms. The smallest absolute Gasteiger partial charge is 0.341 e. The number of amides is 1. The first-order valence-corrected chi connectivity index (χ1v) is 10.4. The summed E-state index contributed by atoms with van der Waals surface area (Å²) >= 11 is 6.60. The number of ether oxygens (including phenoxy) is 1. The second kappa shape index (κ2) is 8.96. The molecule has 2 N–H and O–H groups in total. The van der Waals surface area contributed by atoms with Gasteiger partial charge < -0.3 is 10.1 Å². The zero-order chi connectivity index (χ0) is 21.1. The molecule has 1 heterocycles. The highest BCUT2D eigenvalue weighted by Gasteiger charge is 2.29. The molecule has 1 aromatic carbocycles. The first-order chi connectivity index (χ1) is 13.8. The van der Waals surface area contributed by atoms with Crippen LogP contribution >= 0.6 is 23.6 Å². The predicted molar refractivity (Wildman–Crippen MR) is 112 cm³/mol. The minimum absolute atomic E-state index is 0.0445. The number of anilines is 1. The van der Waals surface area contributed by atoms with Gasteiger partial charge in [0.15, 0.2) is 16.7 Å². The normalized spacial score (nSPS) is 15.4. The molecule has 5 nitrogen and oxygen atoms in total. The fraction of sp³-hybridized carbons (Fsp3) is 0.350. The van der Waals surface area contributed by atoms with Crippen LogP contribution in [0.3, 0.4) is 0 Å². The molecule has 0 saturated heterocycles. The lowest BCUT2D eigenvalue weighted by Gasteiger charge is -2.18. The molecular weight excluding hydrogens is 418 g/mol. The van der Waals surface area contributed by atoms with E-state index in [1.807, 2.05) is 0 Å². The fourth-order valence-corrected chi connectivity index (χ4v) is 4.87. The van der Waals surface area contributed by atoms with E-state index in [2.05, 4.69) is 17.6 Å². The number of carbonyl (C=O) groups excluding carboxylic acids is 2. The van der Waals surface area contributed by atoms with Gasteiger partial charge in [-0.05, 0) is 68.1 Å². The molecule has 0 spiro atoms. The van der Waals surface area contributed by atoms with Crippen molar-refractivity contribution in [3.8, 4) is 0 Å². The SMILES string of the molecule is CCOC(=O)c1c(NC(=S)NC(=O)c2ccc(F)c(F)c2)sc2c1CC[C@@H](C)C2. The zero-order valence-corrected chi connectivity index (χ0v) is 17.6. The minimum Gasteiger partial charge on any atom is -0.462 e. The van der Waals surface area contributed by atoms with Crippen LogP contribution in [0.2, 0.25) is 0 Å². The van der Waals surface area contributed by atoms with Crippen LogP contribution in [0.5, 0.6) is 0 Å². The molecule has 2 aromatic rings. The molecule has 29 heavy (non-hydrogen) atoms. The number of thiophene rings is 1. The monoisotopic (exact) mass is 438 g/mol. The average Bonchev–Trinajstić information content (AvgIpc) is 3.00. The van der Waals surface area contributed by atoms with Crippen LogP contribution in [0.15, 0.2) is 18.2 Å². The van der Waals surface area contributed by atoms with Gasteiger partial charge in [-0.15, -0.1) is 11.3 Å². The lowest BCUT2D eigenvalue weighted by Crippen LogP contribution is -2.34. The van der Waals surface area contributed by atoms with E-state index in [0.717, 1.165) is 47.9 Å². The number of fused-ring (bicyclic) bond motifs is 1. The van der Waals surface area contributed by atoms with Crippen molar-refractivity contribution in [3.63, 3.8) is 0 Å². The first kappa shape index (κ1) is 21.3. The van der Waals surface area contributed by atoms with E-state index in [1.54, 1.807) is 6.92 Å². The van der Waals surface area contributed by atoms with Crippen LogP contribution in [0.1, 0.15) is 51.4 Å². The van der Waals surface area contributed by atoms with E-state index >= 15 is 0 Å². The summed E-state index contributed by atoms with van der Waals surface area (Å²) in [5.74, 6) is -2.77. The third-order valence-corrected chi connectivity index (χ3v) is 6.00. The number of thiocarbonyl (C=S) groups is 1. The van der Waals surface area contributed by atoms with Gasteiger partial charge in [-0.2, -0.15) is 0 Å². The maximum Gasteiger partial charge on any atom is 0.341 e. The Balaban J connectivity index is 1.79. The van der Waals surface area contributed by atoms with Crippen molar-refractivity contribution in [2.75, 3.05) is 11.9 Å². The highest BCUT2D eigenvalue weighted by molar-refractivity contribution is 7.80. The van der Waals surface area contributed by atoms with Gasteiger partial charge in [0, 0.05) is 10.4 Å². The molecule has 0 saturated carbocycles. The summed E-state index contributed by atoms with van der Waals surface area (Å²) in [6.07, 6.45) is 2.62. The molecule has 0 aliphatic heterocycles. The van der Waals surface area contributed by atoms with Crippen LogP contribution in [-0.2, 0) is 17.6 Å². The van der Waals surface area contributed by atoms with E-state index in [9.17, 15) is 18.4 Å². The van der Waals surface area contributed by atoms with E-state index in [0.29, 0.717) is 16.5 Å². The van der Waals surface area contributed by atoms with Crippen LogP contribution < -0.4 is 10.6 Å². The van der Waals surface area contributed by atoms with Gasteiger partial charge in [-0.1, -0.05) is 6.92 Å². The number of benzene rings is 1. The lowest BCUT2D eigenvalue weighted by molar-refractivity contribution is 0.0526. The van der Waals surface area contributed by atoms with Crippen molar-refractivity contribution in [2.24, 2.45) is 5.92 Å². The molecule has 0 radical (unpaired) electrons. The van der Waals surface area contributed by atoms with E-state index < -0.39 is 23.5 Å². The standard InChI is InChI=1S/C20H20F2N2O3S2/c1-3-27-19(26)16-12-6-4-10(2)8-15(12)29-18(16)24-20(28)23-17(25)11-5-7-13(21)14(22)9-11/h5,7,9-10H,3-4,6,8H2,1-2H3,(H2,23,24,25,28)/t10-/m1/s1. The molecule has 1 aliphatic carbocycles. The van der Waals surface area contributed by atoms with Crippen molar-refractivity contribution in [1.82, 2.24) is 5.32 Å². The first-order valence-electron chi connectivity index (χ1n) is 9.19. The third-order valence-electron chi connectivity index (χ3n) is 4.63. The summed E-state index contributed by atoms with van der Waals surface area (Å²) in [5, 5.41) is 5.79. The quantitative estimate of drug-likeness (QED) is 0.545. The second-order valence-corrected chi connectivity index (χ2v) is 8.33. The molecule has 1 aromatic heterocycles. The highest BCUT2D eigenvalue weighted by Crippen LogP contribution is 2.40. The third kappa shape index (κ3) is 4.79. The molecule has 154 valence electrons. The number of esters is 1. The Labute approximate surface area is 176 Å². The summed E-state index contributed by atoms with van der Waals surface area (Å²) in [6.45, 7) is 4.14. The van der Waals surface area contributed by atoms with Crippen molar-refractivity contribution in [3.05, 3.63) is 51.4 Å². The Hall–Kier alpha value is -2.39. The predicted octanol–water partition coefficient (Wildman–Crippen LogP) is 4.45. The number of halogens is 2. The Morgan fingerprint density at radius 1 is 1.31 bits per heavy atom. The van der Waals surface area contributed by atoms with E-state index in [1.165, 1.54) is 11.3 Å². The maximum absolute atomic E-state index is 13.3. The van der Waals surface area contributed by atoms with Crippen LogP contribution in [0.25, 0.3) is 0 Å². The second-order valence-electron chi connectivity index (χ2n) is 6.81. The molecule has 1 amide bonds. The van der Waals surface area contributed by atoms with Gasteiger partial charge >= 0.3 is 5.97 Å². The van der Waals surface area contributed by atoms with Crippen molar-refractivity contribution < 1.29 is 23.1 Å². The van der Waals surface area contributed by atoms with Crippen LogP contribution in [0, 0.1) is 17.6 Å². The minimum atomic E-state index is -1.12. The summed E-state index contributed by atoms with van der Waals surface area (Å²) < 4.78 is 31.6. The van der Waals surface area contributed by atoms with Crippen molar-refractivity contribution >= 4 is 45.5 Å². The number of carbonyl (C=O) groups is 2. The van der Waals surface area contributed by atoms with E-state index in [4.69, 9.17) is 17.0 Å². The Kier molecular flexibility index (Phi) is 6.59. The van der Waals surface area contributed by atoms with Crippen LogP contribution in [0.4, 0.5) is 13.8 Å². The number of hydrogen-bond acceptors (Lipinski definition) is 5. The summed E-state index contributed by atoms with van der Waals surface area (Å²) in [6, 6.07) is 2.82. The summed E-state index contributed by atoms with van der Waals surface area (Å²) in [7, 11) is 0. The Morgan fingerprint density at radius 3 is 2.76 bits per heavy atom. The van der Waals surface area contributed by atoms with Gasteiger partial charge in [0.25, 0.3) is 5.91 Å². The van der Waals surface area contributed by atoms with Gasteiger partial charge in [0.1, 0.15) is 5.00 Å². The molecular formula is C20H20F2N2O3S2. The Bertz CT molecular complexity index is 975.